The molecule has 32 heavy (non-hydrogen) atoms. The highest BCUT2D eigenvalue weighted by Crippen LogP contribution is 2.28. The van der Waals surface area contributed by atoms with Crippen molar-refractivity contribution >= 4 is 11.7 Å². The van der Waals surface area contributed by atoms with E-state index in [9.17, 15) is 18.0 Å². The third-order valence-corrected chi connectivity index (χ3v) is 5.07. The molecule has 8 heteroatoms. The van der Waals surface area contributed by atoms with Crippen LogP contribution < -0.4 is 10.2 Å². The molecule has 3 aromatic rings. The van der Waals surface area contributed by atoms with Gasteiger partial charge in [-0.15, -0.1) is 0 Å². The standard InChI is InChI=1S/C24H25F3N4O/c1-17-8-6-12-21(30-17)31(22(23(32)28-2)19-10-4-3-5-11-19)15-7-9-18-13-14-20(29-16-18)24(25,26)27/h3-6,8,10-14,16,22H,7,9,15H2,1-2H3,(H,28,32). The molecule has 5 nitrogen and oxygen atoms in total. The number of alkyl halides is 3. The van der Waals surface area contributed by atoms with Crippen molar-refractivity contribution in [3.63, 3.8) is 0 Å². The first-order valence-corrected chi connectivity index (χ1v) is 10.3. The van der Waals surface area contributed by atoms with Gasteiger partial charge in [0.15, 0.2) is 0 Å². The number of benzene rings is 1. The normalized spacial score (nSPS) is 12.3. The van der Waals surface area contributed by atoms with Crippen LogP contribution in [0.25, 0.3) is 0 Å². The second-order valence-corrected chi connectivity index (χ2v) is 7.41. The summed E-state index contributed by atoms with van der Waals surface area (Å²) in [6, 6.07) is 16.9. The van der Waals surface area contributed by atoms with Crippen LogP contribution in [0.4, 0.5) is 19.0 Å². The maximum Gasteiger partial charge on any atom is 0.433 e. The molecule has 1 unspecified atom stereocenters. The van der Waals surface area contributed by atoms with E-state index >= 15 is 0 Å². The Morgan fingerprint density at radius 3 is 2.41 bits per heavy atom. The van der Waals surface area contributed by atoms with Crippen LogP contribution in [0.3, 0.4) is 0 Å². The molecular formula is C24H25F3N4O. The summed E-state index contributed by atoms with van der Waals surface area (Å²) >= 11 is 0. The predicted octanol–water partition coefficient (Wildman–Crippen LogP) is 4.73. The van der Waals surface area contributed by atoms with Crippen LogP contribution in [0.1, 0.15) is 35.0 Å². The van der Waals surface area contributed by atoms with Crippen molar-refractivity contribution in [2.24, 2.45) is 0 Å². The predicted molar refractivity (Wildman–Crippen MR) is 117 cm³/mol. The largest absolute Gasteiger partial charge is 0.433 e. The monoisotopic (exact) mass is 442 g/mol. The smallest absolute Gasteiger partial charge is 0.357 e. The van der Waals surface area contributed by atoms with Crippen molar-refractivity contribution in [2.45, 2.75) is 32.0 Å². The number of anilines is 1. The van der Waals surface area contributed by atoms with Crippen LogP contribution in [-0.4, -0.2) is 29.5 Å². The molecular weight excluding hydrogens is 417 g/mol. The third-order valence-electron chi connectivity index (χ3n) is 5.07. The fraction of sp³-hybridized carbons (Fsp3) is 0.292. The Bertz CT molecular complexity index is 1020. The first-order chi connectivity index (χ1) is 15.3. The fourth-order valence-electron chi connectivity index (χ4n) is 3.50. The summed E-state index contributed by atoms with van der Waals surface area (Å²) in [5.74, 6) is 0.490. The van der Waals surface area contributed by atoms with Crippen molar-refractivity contribution in [1.82, 2.24) is 15.3 Å². The van der Waals surface area contributed by atoms with Crippen molar-refractivity contribution in [1.29, 1.82) is 0 Å². The highest BCUT2D eigenvalue weighted by Gasteiger charge is 2.32. The number of carbonyl (C=O) groups excluding carboxylic acids is 1. The van der Waals surface area contributed by atoms with Crippen LogP contribution >= 0.6 is 0 Å². The quantitative estimate of drug-likeness (QED) is 0.548. The molecule has 3 rings (SSSR count). The number of aromatic nitrogens is 2. The van der Waals surface area contributed by atoms with Crippen LogP contribution in [0.2, 0.25) is 0 Å². The van der Waals surface area contributed by atoms with Gasteiger partial charge in [-0.1, -0.05) is 42.5 Å². The Hall–Kier alpha value is -3.42. The summed E-state index contributed by atoms with van der Waals surface area (Å²) in [5, 5.41) is 2.73. The second-order valence-electron chi connectivity index (χ2n) is 7.41. The number of carbonyl (C=O) groups is 1. The number of hydrogen-bond donors (Lipinski definition) is 1. The van der Waals surface area contributed by atoms with E-state index < -0.39 is 17.9 Å². The summed E-state index contributed by atoms with van der Waals surface area (Å²) in [5.41, 5.74) is 1.44. The van der Waals surface area contributed by atoms with Gasteiger partial charge in [0.2, 0.25) is 5.91 Å². The molecule has 0 aliphatic carbocycles. The number of rotatable bonds is 8. The first-order valence-electron chi connectivity index (χ1n) is 10.3. The number of amides is 1. The molecule has 0 aliphatic rings. The Morgan fingerprint density at radius 2 is 1.81 bits per heavy atom. The molecule has 0 fully saturated rings. The average molecular weight is 442 g/mol. The van der Waals surface area contributed by atoms with Gasteiger partial charge in [-0.3, -0.25) is 9.78 Å². The second kappa shape index (κ2) is 10.3. The average Bonchev–Trinajstić information content (AvgIpc) is 2.78. The number of nitrogens with one attached hydrogen (secondary N) is 1. The molecule has 0 spiro atoms. The van der Waals surface area contributed by atoms with E-state index in [2.05, 4.69) is 15.3 Å². The summed E-state index contributed by atoms with van der Waals surface area (Å²) in [4.78, 5) is 22.9. The maximum atomic E-state index is 12.9. The van der Waals surface area contributed by atoms with Gasteiger partial charge in [0.05, 0.1) is 0 Å². The van der Waals surface area contributed by atoms with E-state index in [1.165, 1.54) is 12.3 Å². The van der Waals surface area contributed by atoms with Crippen LogP contribution in [0, 0.1) is 6.92 Å². The zero-order valence-electron chi connectivity index (χ0n) is 17.9. The zero-order valence-corrected chi connectivity index (χ0v) is 17.9. The van der Waals surface area contributed by atoms with Gasteiger partial charge in [0.25, 0.3) is 0 Å². The van der Waals surface area contributed by atoms with Gasteiger partial charge in [-0.25, -0.2) is 4.98 Å². The third kappa shape index (κ3) is 5.84. The topological polar surface area (TPSA) is 58.1 Å². The fourth-order valence-corrected chi connectivity index (χ4v) is 3.50. The van der Waals surface area contributed by atoms with Crippen LogP contribution in [-0.2, 0) is 17.4 Å². The van der Waals surface area contributed by atoms with Crippen LogP contribution in [0.15, 0.2) is 66.9 Å². The molecule has 0 saturated heterocycles. The minimum atomic E-state index is -4.46. The molecule has 0 saturated carbocycles. The first kappa shape index (κ1) is 23.2. The molecule has 1 amide bonds. The summed E-state index contributed by atoms with van der Waals surface area (Å²) in [6.45, 7) is 2.36. The molecule has 1 aromatic carbocycles. The number of nitrogens with zero attached hydrogens (tertiary/aromatic N) is 3. The summed E-state index contributed by atoms with van der Waals surface area (Å²) in [6.07, 6.45) is -2.08. The van der Waals surface area contributed by atoms with E-state index in [0.717, 1.165) is 17.3 Å². The lowest BCUT2D eigenvalue weighted by atomic mass is 10.0. The number of likely N-dealkylation sites (N-methyl/N-ethyl adjacent to an activating group) is 1. The molecule has 0 bridgehead atoms. The van der Waals surface area contributed by atoms with Crippen molar-refractivity contribution < 1.29 is 18.0 Å². The Balaban J connectivity index is 1.84. The number of pyridine rings is 2. The van der Waals surface area contributed by atoms with Gasteiger partial charge in [-0.05, 0) is 49.1 Å². The Kier molecular flexibility index (Phi) is 7.45. The molecule has 0 radical (unpaired) electrons. The lowest BCUT2D eigenvalue weighted by Gasteiger charge is -2.32. The minimum Gasteiger partial charge on any atom is -0.357 e. The summed E-state index contributed by atoms with van der Waals surface area (Å²) in [7, 11) is 1.59. The maximum absolute atomic E-state index is 12.9. The number of aryl methyl sites for hydroxylation is 2. The van der Waals surface area contributed by atoms with E-state index in [1.807, 2.05) is 60.4 Å². The van der Waals surface area contributed by atoms with Crippen LogP contribution in [0.5, 0.6) is 0 Å². The number of halogens is 3. The number of hydrogen-bond acceptors (Lipinski definition) is 4. The lowest BCUT2D eigenvalue weighted by Crippen LogP contribution is -2.40. The molecule has 1 N–H and O–H groups in total. The van der Waals surface area contributed by atoms with E-state index in [1.54, 1.807) is 7.05 Å². The lowest BCUT2D eigenvalue weighted by molar-refractivity contribution is -0.141. The van der Waals surface area contributed by atoms with Gasteiger partial charge < -0.3 is 10.2 Å². The van der Waals surface area contributed by atoms with Gasteiger partial charge in [-0.2, -0.15) is 13.2 Å². The molecule has 2 aromatic heterocycles. The Labute approximate surface area is 185 Å². The molecule has 0 aliphatic heterocycles. The minimum absolute atomic E-state index is 0.171. The molecule has 2 heterocycles. The summed E-state index contributed by atoms with van der Waals surface area (Å²) < 4.78 is 38.2. The molecule has 168 valence electrons. The highest BCUT2D eigenvalue weighted by molar-refractivity contribution is 5.86. The Morgan fingerprint density at radius 1 is 1.06 bits per heavy atom. The zero-order chi connectivity index (χ0) is 23.1. The van der Waals surface area contributed by atoms with Gasteiger partial charge in [0, 0.05) is 25.5 Å². The van der Waals surface area contributed by atoms with Crippen molar-refractivity contribution in [3.8, 4) is 0 Å². The van der Waals surface area contributed by atoms with Gasteiger partial charge in [0.1, 0.15) is 17.6 Å². The van der Waals surface area contributed by atoms with E-state index in [-0.39, 0.29) is 5.91 Å². The van der Waals surface area contributed by atoms with E-state index in [0.29, 0.717) is 30.8 Å². The van der Waals surface area contributed by atoms with Crippen molar-refractivity contribution in [2.75, 3.05) is 18.5 Å². The molecule has 1 atom stereocenters. The highest BCUT2D eigenvalue weighted by atomic mass is 19.4. The van der Waals surface area contributed by atoms with Gasteiger partial charge >= 0.3 is 6.18 Å². The SMILES string of the molecule is CNC(=O)C(c1ccccc1)N(CCCc1ccc(C(F)(F)F)nc1)c1cccc(C)n1. The van der Waals surface area contributed by atoms with Crippen molar-refractivity contribution in [3.05, 3.63) is 89.4 Å². The van der Waals surface area contributed by atoms with E-state index in [4.69, 9.17) is 0 Å².